The van der Waals surface area contributed by atoms with Crippen LogP contribution in [0.4, 0.5) is 0 Å². The number of hydrazone groups is 1. The van der Waals surface area contributed by atoms with Gasteiger partial charge in [-0.05, 0) is 47.2 Å². The van der Waals surface area contributed by atoms with Gasteiger partial charge in [0.2, 0.25) is 0 Å². The van der Waals surface area contributed by atoms with Crippen molar-refractivity contribution in [2.75, 3.05) is 0 Å². The highest BCUT2D eigenvalue weighted by atomic mass is 79.9. The number of nitrogens with two attached hydrogens (primary N) is 1. The Bertz CT molecular complexity index is 739. The van der Waals surface area contributed by atoms with Gasteiger partial charge in [-0.1, -0.05) is 6.07 Å². The molecule has 1 aromatic heterocycles. The van der Waals surface area contributed by atoms with Crippen LogP contribution in [0.5, 0.6) is 0 Å². The van der Waals surface area contributed by atoms with Gasteiger partial charge in [-0.3, -0.25) is 5.43 Å². The fraction of sp³-hybridized carbons (Fsp3) is 0.0833. The van der Waals surface area contributed by atoms with Gasteiger partial charge in [0.15, 0.2) is 5.11 Å². The number of rotatable bonds is 2. The molecule has 0 saturated heterocycles. The van der Waals surface area contributed by atoms with Gasteiger partial charge in [-0.15, -0.1) is 0 Å². The fourth-order valence-corrected chi connectivity index (χ4v) is 2.11. The first kappa shape index (κ1) is 13.7. The lowest BCUT2D eigenvalue weighted by molar-refractivity contribution is 0.560. The van der Waals surface area contributed by atoms with Crippen molar-refractivity contribution in [3.63, 3.8) is 0 Å². The van der Waals surface area contributed by atoms with E-state index in [1.54, 1.807) is 13.0 Å². The van der Waals surface area contributed by atoms with Crippen molar-refractivity contribution in [2.45, 2.75) is 6.92 Å². The van der Waals surface area contributed by atoms with Crippen molar-refractivity contribution in [2.24, 2.45) is 10.8 Å². The van der Waals surface area contributed by atoms with Gasteiger partial charge in [0.25, 0.3) is 0 Å². The molecule has 1 heterocycles. The Morgan fingerprint density at radius 2 is 2.21 bits per heavy atom. The second kappa shape index (κ2) is 5.50. The summed E-state index contributed by atoms with van der Waals surface area (Å²) in [5.41, 5.74) is 9.37. The molecule has 2 aromatic rings. The van der Waals surface area contributed by atoms with E-state index in [2.05, 4.69) is 38.7 Å². The predicted octanol–water partition coefficient (Wildman–Crippen LogP) is 2.11. The molecular formula is C12H10BrN3O2S. The Morgan fingerprint density at radius 1 is 1.47 bits per heavy atom. The summed E-state index contributed by atoms with van der Waals surface area (Å²) >= 11 is 7.99. The van der Waals surface area contributed by atoms with Crippen LogP contribution in [0.1, 0.15) is 12.5 Å². The minimum atomic E-state index is -0.410. The van der Waals surface area contributed by atoms with Crippen molar-refractivity contribution in [1.29, 1.82) is 0 Å². The Hall–Kier alpha value is -1.73. The van der Waals surface area contributed by atoms with Gasteiger partial charge in [-0.25, -0.2) is 4.79 Å². The third-order valence-electron chi connectivity index (χ3n) is 2.45. The molecule has 0 atom stereocenters. The third-order valence-corrected chi connectivity index (χ3v) is 3.19. The van der Waals surface area contributed by atoms with Crippen LogP contribution in [0.2, 0.25) is 0 Å². The van der Waals surface area contributed by atoms with Crippen molar-refractivity contribution in [1.82, 2.24) is 5.43 Å². The van der Waals surface area contributed by atoms with Crippen molar-refractivity contribution >= 4 is 49.9 Å². The summed E-state index contributed by atoms with van der Waals surface area (Å²) in [6, 6.07) is 6.84. The van der Waals surface area contributed by atoms with Gasteiger partial charge in [0, 0.05) is 21.5 Å². The zero-order valence-corrected chi connectivity index (χ0v) is 12.3. The monoisotopic (exact) mass is 339 g/mol. The topological polar surface area (TPSA) is 80.6 Å². The van der Waals surface area contributed by atoms with Gasteiger partial charge in [0.1, 0.15) is 5.58 Å². The summed E-state index contributed by atoms with van der Waals surface area (Å²) in [6.07, 6.45) is 0. The minimum Gasteiger partial charge on any atom is -0.423 e. The number of fused-ring (bicyclic) bond motifs is 1. The molecule has 0 aliphatic heterocycles. The highest BCUT2D eigenvalue weighted by molar-refractivity contribution is 9.10. The number of nitrogens with one attached hydrogen (secondary N) is 1. The first-order chi connectivity index (χ1) is 8.97. The lowest BCUT2D eigenvalue weighted by atomic mass is 10.1. The highest BCUT2D eigenvalue weighted by Crippen LogP contribution is 2.23. The Labute approximate surface area is 122 Å². The van der Waals surface area contributed by atoms with E-state index in [1.807, 2.05) is 12.1 Å². The molecule has 0 unspecified atom stereocenters. The number of nitrogens with zero attached hydrogens (tertiary/aromatic N) is 1. The SMILES string of the molecule is C/C(=N\NC(N)=S)c1ccc2c(Br)cc(=O)oc2c1. The van der Waals surface area contributed by atoms with Gasteiger partial charge in [0.05, 0.1) is 5.71 Å². The van der Waals surface area contributed by atoms with E-state index in [0.29, 0.717) is 15.8 Å². The van der Waals surface area contributed by atoms with Crippen LogP contribution in [0.15, 0.2) is 43.1 Å². The van der Waals surface area contributed by atoms with Crippen molar-refractivity contribution in [3.8, 4) is 0 Å². The fourth-order valence-electron chi connectivity index (χ4n) is 1.55. The first-order valence-corrected chi connectivity index (χ1v) is 6.51. The van der Waals surface area contributed by atoms with Gasteiger partial charge >= 0.3 is 5.63 Å². The molecule has 3 N–H and O–H groups in total. The molecule has 98 valence electrons. The molecule has 1 aromatic carbocycles. The van der Waals surface area contributed by atoms with Crippen molar-refractivity contribution < 1.29 is 4.42 Å². The Kier molecular flexibility index (Phi) is 3.96. The van der Waals surface area contributed by atoms with Gasteiger partial charge < -0.3 is 10.2 Å². The molecule has 7 heteroatoms. The van der Waals surface area contributed by atoms with Crippen LogP contribution in [0.25, 0.3) is 11.0 Å². The summed E-state index contributed by atoms with van der Waals surface area (Å²) in [6.45, 7) is 1.79. The first-order valence-electron chi connectivity index (χ1n) is 5.31. The van der Waals surface area contributed by atoms with E-state index in [0.717, 1.165) is 10.9 Å². The van der Waals surface area contributed by atoms with E-state index in [4.69, 9.17) is 10.2 Å². The molecule has 0 fully saturated rings. The zero-order chi connectivity index (χ0) is 14.0. The molecule has 5 nitrogen and oxygen atoms in total. The van der Waals surface area contributed by atoms with Crippen LogP contribution in [0, 0.1) is 0 Å². The summed E-state index contributed by atoms with van der Waals surface area (Å²) in [7, 11) is 0. The predicted molar refractivity (Wildman–Crippen MR) is 82.3 cm³/mol. The summed E-state index contributed by atoms with van der Waals surface area (Å²) < 4.78 is 5.84. The van der Waals surface area contributed by atoms with Crippen LogP contribution < -0.4 is 16.8 Å². The molecule has 0 aliphatic carbocycles. The standard InChI is InChI=1S/C12H10BrN3O2S/c1-6(15-16-12(14)19)7-2-3-8-9(13)5-11(17)18-10(8)4-7/h2-5H,1H3,(H3,14,16,19)/b15-6+. The minimum absolute atomic E-state index is 0.0921. The van der Waals surface area contributed by atoms with Crippen LogP contribution in [-0.2, 0) is 0 Å². The second-order valence-electron chi connectivity index (χ2n) is 3.80. The smallest absolute Gasteiger partial charge is 0.337 e. The molecular weight excluding hydrogens is 330 g/mol. The molecule has 0 bridgehead atoms. The summed E-state index contributed by atoms with van der Waals surface area (Å²) in [4.78, 5) is 11.3. The van der Waals surface area contributed by atoms with Crippen molar-refractivity contribution in [3.05, 3.63) is 44.7 Å². The van der Waals surface area contributed by atoms with E-state index in [9.17, 15) is 4.79 Å². The summed E-state index contributed by atoms with van der Waals surface area (Å²) in [5, 5.41) is 4.92. The molecule has 0 radical (unpaired) electrons. The highest BCUT2D eigenvalue weighted by Gasteiger charge is 2.06. The third kappa shape index (κ3) is 3.18. The molecule has 0 saturated carbocycles. The average molecular weight is 340 g/mol. The van der Waals surface area contributed by atoms with E-state index in [1.165, 1.54) is 6.07 Å². The lowest BCUT2D eigenvalue weighted by Crippen LogP contribution is -2.25. The molecule has 19 heavy (non-hydrogen) atoms. The van der Waals surface area contributed by atoms with E-state index < -0.39 is 5.63 Å². The largest absolute Gasteiger partial charge is 0.423 e. The molecule has 2 rings (SSSR count). The zero-order valence-electron chi connectivity index (χ0n) is 9.94. The Morgan fingerprint density at radius 3 is 2.89 bits per heavy atom. The van der Waals surface area contributed by atoms with Crippen LogP contribution in [0.3, 0.4) is 0 Å². The number of hydrogen-bond donors (Lipinski definition) is 2. The maximum absolute atomic E-state index is 11.3. The molecule has 0 amide bonds. The number of hydrogen-bond acceptors (Lipinski definition) is 4. The van der Waals surface area contributed by atoms with Gasteiger partial charge in [-0.2, -0.15) is 5.10 Å². The number of benzene rings is 1. The second-order valence-corrected chi connectivity index (χ2v) is 5.09. The normalized spacial score (nSPS) is 11.6. The summed E-state index contributed by atoms with van der Waals surface area (Å²) in [5.74, 6) is 0. The Balaban J connectivity index is 2.50. The van der Waals surface area contributed by atoms with Crippen LogP contribution >= 0.6 is 28.1 Å². The quantitative estimate of drug-likeness (QED) is 0.379. The lowest BCUT2D eigenvalue weighted by Gasteiger charge is -2.04. The van der Waals surface area contributed by atoms with E-state index >= 15 is 0 Å². The number of halogens is 1. The maximum Gasteiger partial charge on any atom is 0.337 e. The maximum atomic E-state index is 11.3. The average Bonchev–Trinajstić information content (AvgIpc) is 2.34. The molecule has 0 spiro atoms. The van der Waals surface area contributed by atoms with Crippen LogP contribution in [-0.4, -0.2) is 10.8 Å². The number of thiocarbonyl (C=S) groups is 1. The van der Waals surface area contributed by atoms with E-state index in [-0.39, 0.29) is 5.11 Å². The molecule has 0 aliphatic rings.